The molecule has 2 atom stereocenters. The molecule has 0 aliphatic rings. The van der Waals surface area contributed by atoms with Gasteiger partial charge in [-0.3, -0.25) is 19.2 Å². The fourth-order valence-corrected chi connectivity index (χ4v) is 3.15. The summed E-state index contributed by atoms with van der Waals surface area (Å²) in [6.45, 7) is 12.3. The molecule has 0 aromatic carbocycles. The van der Waals surface area contributed by atoms with Gasteiger partial charge in [0.25, 0.3) is 0 Å². The van der Waals surface area contributed by atoms with Gasteiger partial charge in [0, 0.05) is 12.8 Å². The second-order valence-electron chi connectivity index (χ2n) is 9.01. The van der Waals surface area contributed by atoms with Crippen molar-refractivity contribution in [3.63, 3.8) is 0 Å². The van der Waals surface area contributed by atoms with E-state index in [0.717, 1.165) is 51.4 Å². The number of ether oxygens (including phenoxy) is 4. The highest BCUT2D eigenvalue weighted by molar-refractivity contribution is 5.73. The molecule has 36 heavy (non-hydrogen) atoms. The number of rotatable bonds is 20. The standard InChI is InChI=1S/C16H30O4.C12H22O4/c1-4-6-8-10-12-19-16(18)13-14(3)20-15(17)11-9-7-5-2;1-4-6-7-8-11(13)16-10(3)9-12(14)15-5-2/h14H,4-13H2,1-3H3;10H,4-9H2,1-3H3/t14-;10-/m11/s1. The van der Waals surface area contributed by atoms with E-state index in [1.165, 1.54) is 12.8 Å². The van der Waals surface area contributed by atoms with E-state index in [0.29, 0.717) is 26.1 Å². The average molecular weight is 517 g/mol. The Kier molecular flexibility index (Phi) is 26.0. The first-order valence-corrected chi connectivity index (χ1v) is 13.9. The van der Waals surface area contributed by atoms with Gasteiger partial charge in [-0.05, 0) is 40.0 Å². The maximum absolute atomic E-state index is 11.5. The predicted molar refractivity (Wildman–Crippen MR) is 140 cm³/mol. The highest BCUT2D eigenvalue weighted by atomic mass is 16.6. The topological polar surface area (TPSA) is 105 Å². The van der Waals surface area contributed by atoms with Crippen LogP contribution in [0.2, 0.25) is 0 Å². The molecule has 0 saturated carbocycles. The minimum atomic E-state index is -0.396. The maximum Gasteiger partial charge on any atom is 0.309 e. The SMILES string of the molecule is CCCCCC(=O)O[C@H](C)CC(=O)OCC.CCCCCCOC(=O)C[C@@H](C)OC(=O)CCCCC. The Labute approximate surface area is 219 Å². The van der Waals surface area contributed by atoms with Gasteiger partial charge >= 0.3 is 23.9 Å². The molecule has 0 amide bonds. The van der Waals surface area contributed by atoms with E-state index in [4.69, 9.17) is 18.9 Å². The van der Waals surface area contributed by atoms with Crippen molar-refractivity contribution < 1.29 is 38.1 Å². The molecule has 0 bridgehead atoms. The van der Waals surface area contributed by atoms with Gasteiger partial charge in [0.1, 0.15) is 12.2 Å². The average Bonchev–Trinajstić information content (AvgIpc) is 2.79. The summed E-state index contributed by atoms with van der Waals surface area (Å²) in [5, 5.41) is 0. The van der Waals surface area contributed by atoms with E-state index < -0.39 is 12.2 Å². The van der Waals surface area contributed by atoms with Gasteiger partial charge in [-0.15, -0.1) is 0 Å². The minimum absolute atomic E-state index is 0.132. The van der Waals surface area contributed by atoms with Gasteiger partial charge < -0.3 is 18.9 Å². The predicted octanol–water partition coefficient (Wildman–Crippen LogP) is 6.46. The number of carbonyl (C=O) groups is 4. The lowest BCUT2D eigenvalue weighted by atomic mass is 10.2. The van der Waals surface area contributed by atoms with Gasteiger partial charge in [0.05, 0.1) is 26.1 Å². The summed E-state index contributed by atoms with van der Waals surface area (Å²) in [6, 6.07) is 0. The van der Waals surface area contributed by atoms with Crippen molar-refractivity contribution in [3.8, 4) is 0 Å². The molecule has 0 rings (SSSR count). The molecule has 0 fully saturated rings. The van der Waals surface area contributed by atoms with E-state index >= 15 is 0 Å². The van der Waals surface area contributed by atoms with Crippen LogP contribution in [0.25, 0.3) is 0 Å². The Hall–Kier alpha value is -2.12. The zero-order chi connectivity index (χ0) is 27.6. The van der Waals surface area contributed by atoms with Crippen LogP contribution >= 0.6 is 0 Å². The Morgan fingerprint density at radius 2 is 0.944 bits per heavy atom. The van der Waals surface area contributed by atoms with Crippen molar-refractivity contribution in [2.24, 2.45) is 0 Å². The van der Waals surface area contributed by atoms with Crippen molar-refractivity contribution in [1.29, 1.82) is 0 Å². The first-order chi connectivity index (χ1) is 17.2. The first-order valence-electron chi connectivity index (χ1n) is 13.9. The van der Waals surface area contributed by atoms with Gasteiger partial charge in [-0.1, -0.05) is 65.7 Å². The molecule has 0 N–H and O–H groups in total. The second-order valence-corrected chi connectivity index (χ2v) is 9.01. The molecule has 0 aromatic heterocycles. The number of unbranched alkanes of at least 4 members (excludes halogenated alkanes) is 7. The molecular weight excluding hydrogens is 464 g/mol. The Morgan fingerprint density at radius 1 is 0.528 bits per heavy atom. The number of hydrogen-bond donors (Lipinski definition) is 0. The van der Waals surface area contributed by atoms with Crippen LogP contribution in [0.3, 0.4) is 0 Å². The van der Waals surface area contributed by atoms with Gasteiger partial charge in [-0.25, -0.2) is 0 Å². The second kappa shape index (κ2) is 26.0. The third-order valence-electron chi connectivity index (χ3n) is 5.11. The van der Waals surface area contributed by atoms with Crippen molar-refractivity contribution in [1.82, 2.24) is 0 Å². The quantitative estimate of drug-likeness (QED) is 0.103. The van der Waals surface area contributed by atoms with E-state index in [1.807, 2.05) is 0 Å². The van der Waals surface area contributed by atoms with Gasteiger partial charge in [0.15, 0.2) is 0 Å². The van der Waals surface area contributed by atoms with Crippen LogP contribution in [-0.2, 0) is 38.1 Å². The minimum Gasteiger partial charge on any atom is -0.466 e. The summed E-state index contributed by atoms with van der Waals surface area (Å²) >= 11 is 0. The molecule has 0 heterocycles. The van der Waals surface area contributed by atoms with Crippen LogP contribution in [0.4, 0.5) is 0 Å². The molecular formula is C28H52O8. The zero-order valence-corrected chi connectivity index (χ0v) is 23.7. The molecule has 212 valence electrons. The third-order valence-corrected chi connectivity index (χ3v) is 5.11. The smallest absolute Gasteiger partial charge is 0.309 e. The van der Waals surface area contributed by atoms with E-state index in [-0.39, 0.29) is 36.7 Å². The molecule has 8 nitrogen and oxygen atoms in total. The maximum atomic E-state index is 11.5. The van der Waals surface area contributed by atoms with Crippen molar-refractivity contribution in [2.75, 3.05) is 13.2 Å². The monoisotopic (exact) mass is 516 g/mol. The molecule has 0 saturated heterocycles. The van der Waals surface area contributed by atoms with Crippen LogP contribution in [-0.4, -0.2) is 49.3 Å². The molecule has 8 heteroatoms. The van der Waals surface area contributed by atoms with Gasteiger partial charge in [0.2, 0.25) is 0 Å². The lowest BCUT2D eigenvalue weighted by Gasteiger charge is -2.12. The summed E-state index contributed by atoms with van der Waals surface area (Å²) in [6.07, 6.45) is 10.6. The Morgan fingerprint density at radius 3 is 1.36 bits per heavy atom. The molecule has 0 radical (unpaired) electrons. The zero-order valence-electron chi connectivity index (χ0n) is 23.7. The summed E-state index contributed by atoms with van der Waals surface area (Å²) in [4.78, 5) is 45.4. The summed E-state index contributed by atoms with van der Waals surface area (Å²) in [5.41, 5.74) is 0. The van der Waals surface area contributed by atoms with E-state index in [2.05, 4.69) is 20.8 Å². The van der Waals surface area contributed by atoms with Crippen molar-refractivity contribution in [2.45, 2.75) is 144 Å². The van der Waals surface area contributed by atoms with Crippen LogP contribution in [0.1, 0.15) is 131 Å². The highest BCUT2D eigenvalue weighted by Gasteiger charge is 2.15. The Balaban J connectivity index is 0. The van der Waals surface area contributed by atoms with Crippen LogP contribution in [0.5, 0.6) is 0 Å². The normalized spacial score (nSPS) is 11.9. The van der Waals surface area contributed by atoms with Crippen LogP contribution in [0.15, 0.2) is 0 Å². The van der Waals surface area contributed by atoms with Crippen LogP contribution in [0, 0.1) is 0 Å². The molecule has 0 aromatic rings. The fraction of sp³-hybridized carbons (Fsp3) is 0.857. The summed E-state index contributed by atoms with van der Waals surface area (Å²) in [5.74, 6) is -1.06. The van der Waals surface area contributed by atoms with Crippen molar-refractivity contribution in [3.05, 3.63) is 0 Å². The number of carbonyl (C=O) groups excluding carboxylic acids is 4. The largest absolute Gasteiger partial charge is 0.466 e. The summed E-state index contributed by atoms with van der Waals surface area (Å²) in [7, 11) is 0. The lowest BCUT2D eigenvalue weighted by Crippen LogP contribution is -2.20. The van der Waals surface area contributed by atoms with E-state index in [1.54, 1.807) is 20.8 Å². The van der Waals surface area contributed by atoms with Crippen molar-refractivity contribution >= 4 is 23.9 Å². The molecule has 0 unspecified atom stereocenters. The molecule has 0 aliphatic carbocycles. The number of hydrogen-bond acceptors (Lipinski definition) is 8. The van der Waals surface area contributed by atoms with E-state index in [9.17, 15) is 19.2 Å². The molecule has 0 spiro atoms. The fourth-order valence-electron chi connectivity index (χ4n) is 3.15. The first kappa shape index (κ1) is 36.0. The highest BCUT2D eigenvalue weighted by Crippen LogP contribution is 2.07. The third kappa shape index (κ3) is 26.5. The number of esters is 4. The van der Waals surface area contributed by atoms with Gasteiger partial charge in [-0.2, -0.15) is 0 Å². The lowest BCUT2D eigenvalue weighted by molar-refractivity contribution is -0.156. The molecule has 0 aliphatic heterocycles. The Bertz CT molecular complexity index is 576. The van der Waals surface area contributed by atoms with Crippen LogP contribution < -0.4 is 0 Å². The summed E-state index contributed by atoms with van der Waals surface area (Å²) < 4.78 is 20.1.